The van der Waals surface area contributed by atoms with Gasteiger partial charge in [-0.1, -0.05) is 12.1 Å². The van der Waals surface area contributed by atoms with Crippen LogP contribution in [0.5, 0.6) is 5.75 Å². The first-order valence-electron chi connectivity index (χ1n) is 4.88. The highest BCUT2D eigenvalue weighted by Crippen LogP contribution is 2.20. The molecule has 0 radical (unpaired) electrons. The molecule has 2 unspecified atom stereocenters. The lowest BCUT2D eigenvalue weighted by Gasteiger charge is -2.16. The van der Waals surface area contributed by atoms with Crippen molar-refractivity contribution < 1.29 is 20.1 Å². The molecule has 1 aromatic carbocycles. The van der Waals surface area contributed by atoms with Crippen molar-refractivity contribution in [3.05, 3.63) is 29.8 Å². The molecule has 4 nitrogen and oxygen atoms in total. The highest BCUT2D eigenvalue weighted by molar-refractivity contribution is 5.28. The summed E-state index contributed by atoms with van der Waals surface area (Å²) in [5, 5.41) is 27.5. The predicted octanol–water partition coefficient (Wildman–Crippen LogP) is 0.472. The third-order valence-corrected chi connectivity index (χ3v) is 2.08. The lowest BCUT2D eigenvalue weighted by molar-refractivity contribution is -0.0152. The monoisotopic (exact) mass is 212 g/mol. The van der Waals surface area contributed by atoms with Crippen molar-refractivity contribution in [1.29, 1.82) is 0 Å². The standard InChI is InChI=1S/C11H16O4/c1-2-15-9-5-3-8(4-6-9)11(14)10(13)7-12/h3-6,10-14H,2,7H2,1H3. The molecule has 0 aromatic heterocycles. The molecule has 0 amide bonds. The van der Waals surface area contributed by atoms with Gasteiger partial charge in [-0.05, 0) is 24.6 Å². The van der Waals surface area contributed by atoms with E-state index in [1.807, 2.05) is 6.92 Å². The van der Waals surface area contributed by atoms with Crippen LogP contribution < -0.4 is 4.74 Å². The number of aliphatic hydroxyl groups is 3. The Labute approximate surface area is 88.8 Å². The Kier molecular flexibility index (Phi) is 4.55. The molecule has 0 saturated carbocycles. The molecule has 0 aliphatic carbocycles. The van der Waals surface area contributed by atoms with Gasteiger partial charge >= 0.3 is 0 Å². The quantitative estimate of drug-likeness (QED) is 0.663. The van der Waals surface area contributed by atoms with Crippen molar-refractivity contribution in [2.24, 2.45) is 0 Å². The summed E-state index contributed by atoms with van der Waals surface area (Å²) in [6.07, 6.45) is -2.21. The average molecular weight is 212 g/mol. The van der Waals surface area contributed by atoms with E-state index in [9.17, 15) is 10.2 Å². The number of hydrogen-bond donors (Lipinski definition) is 3. The Morgan fingerprint density at radius 3 is 2.27 bits per heavy atom. The Morgan fingerprint density at radius 1 is 1.20 bits per heavy atom. The minimum Gasteiger partial charge on any atom is -0.494 e. The summed E-state index contributed by atoms with van der Waals surface area (Å²) < 4.78 is 5.23. The zero-order valence-electron chi connectivity index (χ0n) is 8.63. The van der Waals surface area contributed by atoms with Gasteiger partial charge in [0.1, 0.15) is 18.0 Å². The van der Waals surface area contributed by atoms with E-state index in [-0.39, 0.29) is 0 Å². The van der Waals surface area contributed by atoms with Crippen molar-refractivity contribution in [2.45, 2.75) is 19.1 Å². The first-order chi connectivity index (χ1) is 7.19. The van der Waals surface area contributed by atoms with Crippen LogP contribution >= 0.6 is 0 Å². The van der Waals surface area contributed by atoms with Crippen LogP contribution in [0.15, 0.2) is 24.3 Å². The molecule has 84 valence electrons. The molecule has 1 aromatic rings. The number of aliphatic hydroxyl groups excluding tert-OH is 3. The fourth-order valence-electron chi connectivity index (χ4n) is 1.25. The molecule has 2 atom stereocenters. The second-order valence-electron chi connectivity index (χ2n) is 3.20. The highest BCUT2D eigenvalue weighted by Gasteiger charge is 2.16. The second kappa shape index (κ2) is 5.70. The van der Waals surface area contributed by atoms with E-state index in [4.69, 9.17) is 9.84 Å². The maximum atomic E-state index is 9.56. The molecular formula is C11H16O4. The van der Waals surface area contributed by atoms with Crippen molar-refractivity contribution in [2.75, 3.05) is 13.2 Å². The van der Waals surface area contributed by atoms with Gasteiger partial charge in [0, 0.05) is 0 Å². The summed E-state index contributed by atoms with van der Waals surface area (Å²) in [5.74, 6) is 0.715. The van der Waals surface area contributed by atoms with Gasteiger partial charge in [0.05, 0.1) is 13.2 Å². The number of hydrogen-bond acceptors (Lipinski definition) is 4. The summed E-state index contributed by atoms with van der Waals surface area (Å²) in [4.78, 5) is 0. The van der Waals surface area contributed by atoms with Gasteiger partial charge < -0.3 is 20.1 Å². The number of rotatable bonds is 5. The molecule has 3 N–H and O–H groups in total. The largest absolute Gasteiger partial charge is 0.494 e. The zero-order valence-corrected chi connectivity index (χ0v) is 8.63. The molecule has 1 rings (SSSR count). The number of ether oxygens (including phenoxy) is 1. The molecule has 0 fully saturated rings. The first-order valence-corrected chi connectivity index (χ1v) is 4.88. The van der Waals surface area contributed by atoms with Gasteiger partial charge in [-0.15, -0.1) is 0 Å². The molecule has 0 aliphatic heterocycles. The molecule has 15 heavy (non-hydrogen) atoms. The summed E-state index contributed by atoms with van der Waals surface area (Å²) >= 11 is 0. The molecule has 0 aliphatic rings. The molecular weight excluding hydrogens is 196 g/mol. The first kappa shape index (κ1) is 12.0. The van der Waals surface area contributed by atoms with E-state index >= 15 is 0 Å². The zero-order chi connectivity index (χ0) is 11.3. The fraction of sp³-hybridized carbons (Fsp3) is 0.455. The molecule has 0 spiro atoms. The lowest BCUT2D eigenvalue weighted by Crippen LogP contribution is -2.21. The summed E-state index contributed by atoms with van der Waals surface area (Å²) in [6.45, 7) is 2.01. The van der Waals surface area contributed by atoms with Crippen LogP contribution in [-0.4, -0.2) is 34.6 Å². The van der Waals surface area contributed by atoms with E-state index in [1.54, 1.807) is 24.3 Å². The third kappa shape index (κ3) is 3.20. The van der Waals surface area contributed by atoms with Crippen LogP contribution in [0.4, 0.5) is 0 Å². The van der Waals surface area contributed by atoms with Crippen LogP contribution in [0, 0.1) is 0 Å². The van der Waals surface area contributed by atoms with E-state index in [0.717, 1.165) is 0 Å². The molecule has 0 bridgehead atoms. The van der Waals surface area contributed by atoms with Crippen LogP contribution in [0.3, 0.4) is 0 Å². The fourth-order valence-corrected chi connectivity index (χ4v) is 1.25. The maximum Gasteiger partial charge on any atom is 0.119 e. The predicted molar refractivity (Wildman–Crippen MR) is 55.7 cm³/mol. The minimum absolute atomic E-state index is 0.464. The van der Waals surface area contributed by atoms with Crippen LogP contribution in [0.1, 0.15) is 18.6 Å². The highest BCUT2D eigenvalue weighted by atomic mass is 16.5. The van der Waals surface area contributed by atoms with Crippen LogP contribution in [0.2, 0.25) is 0 Å². The summed E-state index contributed by atoms with van der Waals surface area (Å²) in [7, 11) is 0. The van der Waals surface area contributed by atoms with E-state index in [1.165, 1.54) is 0 Å². The topological polar surface area (TPSA) is 69.9 Å². The lowest BCUT2D eigenvalue weighted by atomic mass is 10.1. The summed E-state index contributed by atoms with van der Waals surface area (Å²) in [6, 6.07) is 6.75. The van der Waals surface area contributed by atoms with Crippen molar-refractivity contribution in [3.8, 4) is 5.75 Å². The minimum atomic E-state index is -1.15. The molecule has 0 heterocycles. The van der Waals surface area contributed by atoms with Crippen molar-refractivity contribution in [1.82, 2.24) is 0 Å². The van der Waals surface area contributed by atoms with E-state index in [2.05, 4.69) is 0 Å². The Hall–Kier alpha value is -1.10. The Bertz CT molecular complexity index is 283. The average Bonchev–Trinajstić information content (AvgIpc) is 2.28. The SMILES string of the molecule is CCOc1ccc(C(O)C(O)CO)cc1. The van der Waals surface area contributed by atoms with Gasteiger partial charge in [0.25, 0.3) is 0 Å². The third-order valence-electron chi connectivity index (χ3n) is 2.08. The Balaban J connectivity index is 2.70. The van der Waals surface area contributed by atoms with Crippen LogP contribution in [0.25, 0.3) is 0 Å². The van der Waals surface area contributed by atoms with Gasteiger partial charge in [0.15, 0.2) is 0 Å². The van der Waals surface area contributed by atoms with Gasteiger partial charge in [-0.3, -0.25) is 0 Å². The second-order valence-corrected chi connectivity index (χ2v) is 3.20. The van der Waals surface area contributed by atoms with E-state index < -0.39 is 18.8 Å². The molecule has 4 heteroatoms. The van der Waals surface area contributed by atoms with Gasteiger partial charge in [-0.2, -0.15) is 0 Å². The smallest absolute Gasteiger partial charge is 0.119 e. The van der Waals surface area contributed by atoms with E-state index in [0.29, 0.717) is 17.9 Å². The summed E-state index contributed by atoms with van der Waals surface area (Å²) in [5.41, 5.74) is 0.556. The van der Waals surface area contributed by atoms with Crippen molar-refractivity contribution >= 4 is 0 Å². The molecule has 0 saturated heterocycles. The van der Waals surface area contributed by atoms with Gasteiger partial charge in [-0.25, -0.2) is 0 Å². The normalized spacial score (nSPS) is 14.7. The van der Waals surface area contributed by atoms with Gasteiger partial charge in [0.2, 0.25) is 0 Å². The maximum absolute atomic E-state index is 9.56. The Morgan fingerprint density at radius 2 is 1.80 bits per heavy atom. The number of benzene rings is 1. The van der Waals surface area contributed by atoms with Crippen molar-refractivity contribution in [3.63, 3.8) is 0 Å². The van der Waals surface area contributed by atoms with Crippen LogP contribution in [-0.2, 0) is 0 Å².